The van der Waals surface area contributed by atoms with E-state index in [1.807, 2.05) is 30.3 Å². The van der Waals surface area contributed by atoms with Gasteiger partial charge in [-0.15, -0.1) is 0 Å². The van der Waals surface area contributed by atoms with Crippen molar-refractivity contribution in [3.63, 3.8) is 0 Å². The molecule has 0 heterocycles. The second kappa shape index (κ2) is 7.00. The number of benzene rings is 1. The summed E-state index contributed by atoms with van der Waals surface area (Å²) in [6.45, 7) is 0.817. The first-order valence-electron chi connectivity index (χ1n) is 3.02. The molecule has 0 amide bonds. The maximum Gasteiger partial charge on any atom is 1.00 e. The van der Waals surface area contributed by atoms with Crippen molar-refractivity contribution >= 4 is 6.47 Å². The van der Waals surface area contributed by atoms with Crippen LogP contribution in [0.1, 0.15) is 6.99 Å². The second-order valence-corrected chi connectivity index (χ2v) is 1.89. The Morgan fingerprint density at radius 2 is 2.00 bits per heavy atom. The molecule has 0 atom stereocenters. The summed E-state index contributed by atoms with van der Waals surface area (Å²) in [6, 6.07) is 9.55. The molecule has 0 saturated carbocycles. The third-order valence-corrected chi connectivity index (χ3v) is 1.16. The Labute approximate surface area is 110 Å². The molecule has 1 aromatic rings. The van der Waals surface area contributed by atoms with Crippen LogP contribution in [0.5, 0.6) is 0 Å². The molecule has 0 aromatic heterocycles. The van der Waals surface area contributed by atoms with Gasteiger partial charge in [0.05, 0.1) is 0 Å². The minimum absolute atomic E-state index is 0. The Balaban J connectivity index is 0. The van der Waals surface area contributed by atoms with E-state index in [1.54, 1.807) is 0 Å². The molecule has 0 unspecified atom stereocenters. The number of rotatable bonds is 3. The molecule has 0 radical (unpaired) electrons. The molecule has 0 N–H and O–H groups in total. The van der Waals surface area contributed by atoms with Crippen LogP contribution in [0.3, 0.4) is 0 Å². The minimum Gasteiger partial charge on any atom is -1.00 e. The molecule has 0 aliphatic heterocycles. The minimum atomic E-state index is 0. The molecule has 0 saturated heterocycles. The van der Waals surface area contributed by atoms with E-state index < -0.39 is 0 Å². The van der Waals surface area contributed by atoms with E-state index in [0.29, 0.717) is 13.1 Å². The fourth-order valence-electron chi connectivity index (χ4n) is 0.704. The smallest absolute Gasteiger partial charge is 1.00 e. The van der Waals surface area contributed by atoms with Crippen LogP contribution in [0.2, 0.25) is 0 Å². The maximum atomic E-state index is 9.76. The summed E-state index contributed by atoms with van der Waals surface area (Å²) in [4.78, 5) is 9.76. The summed E-state index contributed by atoms with van der Waals surface area (Å²) in [5.74, 6) is 0. The van der Waals surface area contributed by atoms with Crippen LogP contribution < -0.4 is 51.4 Å². The van der Waals surface area contributed by atoms with Gasteiger partial charge in [-0.05, 0) is 5.56 Å². The van der Waals surface area contributed by atoms with Crippen molar-refractivity contribution in [2.75, 3.05) is 0 Å². The molecule has 0 fully saturated rings. The number of carbonyl (C=O) groups excluding carboxylic acids is 1. The van der Waals surface area contributed by atoms with Crippen molar-refractivity contribution in [1.82, 2.24) is 0 Å². The SMILES string of the molecule is O=COCc1ccccc1.[H-].[K+]. The molecule has 54 valence electrons. The molecule has 0 aliphatic carbocycles. The van der Waals surface area contributed by atoms with Gasteiger partial charge in [-0.1, -0.05) is 30.3 Å². The van der Waals surface area contributed by atoms with Gasteiger partial charge < -0.3 is 6.16 Å². The molecule has 11 heavy (non-hydrogen) atoms. The van der Waals surface area contributed by atoms with Gasteiger partial charge in [-0.2, -0.15) is 0 Å². The summed E-state index contributed by atoms with van der Waals surface area (Å²) in [5.41, 5.74) is 1.01. The first kappa shape index (κ1) is 11.3. The Morgan fingerprint density at radius 1 is 1.36 bits per heavy atom. The largest absolute Gasteiger partial charge is 1.00 e. The first-order valence-corrected chi connectivity index (χ1v) is 3.02. The van der Waals surface area contributed by atoms with Crippen LogP contribution in [-0.2, 0) is 16.1 Å². The summed E-state index contributed by atoms with van der Waals surface area (Å²) in [6.07, 6.45) is 0. The van der Waals surface area contributed by atoms with Gasteiger partial charge in [0.15, 0.2) is 0 Å². The van der Waals surface area contributed by atoms with Gasteiger partial charge in [0.1, 0.15) is 6.61 Å². The molecule has 1 rings (SSSR count). The number of carbonyl (C=O) groups is 1. The van der Waals surface area contributed by atoms with Crippen molar-refractivity contribution in [3.8, 4) is 0 Å². The van der Waals surface area contributed by atoms with Crippen LogP contribution in [0, 0.1) is 0 Å². The molecule has 1 aromatic carbocycles. The maximum absolute atomic E-state index is 9.76. The van der Waals surface area contributed by atoms with Crippen LogP contribution in [0.4, 0.5) is 0 Å². The zero-order valence-corrected chi connectivity index (χ0v) is 9.61. The zero-order valence-electron chi connectivity index (χ0n) is 7.49. The van der Waals surface area contributed by atoms with Crippen LogP contribution >= 0.6 is 0 Å². The number of hydrogen-bond acceptors (Lipinski definition) is 2. The Bertz CT molecular complexity index is 203. The molecular formula is C8H9KO2. The third kappa shape index (κ3) is 4.71. The topological polar surface area (TPSA) is 26.3 Å². The van der Waals surface area contributed by atoms with Gasteiger partial charge in [-0.3, -0.25) is 4.79 Å². The normalized spacial score (nSPS) is 8.00. The monoisotopic (exact) mass is 176 g/mol. The average Bonchev–Trinajstić information content (AvgIpc) is 2.03. The van der Waals surface area contributed by atoms with E-state index >= 15 is 0 Å². The van der Waals surface area contributed by atoms with E-state index in [9.17, 15) is 4.79 Å². The predicted octanol–water partition coefficient (Wildman–Crippen LogP) is -1.52. The van der Waals surface area contributed by atoms with Crippen LogP contribution in [0.25, 0.3) is 0 Å². The Morgan fingerprint density at radius 3 is 2.55 bits per heavy atom. The average molecular weight is 176 g/mol. The van der Waals surface area contributed by atoms with Crippen molar-refractivity contribution in [1.29, 1.82) is 0 Å². The van der Waals surface area contributed by atoms with Crippen LogP contribution in [-0.4, -0.2) is 6.47 Å². The molecule has 2 nitrogen and oxygen atoms in total. The quantitative estimate of drug-likeness (QED) is 0.413. The van der Waals surface area contributed by atoms with E-state index in [0.717, 1.165) is 5.56 Å². The second-order valence-electron chi connectivity index (χ2n) is 1.89. The first-order chi connectivity index (χ1) is 4.93. The van der Waals surface area contributed by atoms with Crippen molar-refractivity contribution in [2.45, 2.75) is 6.61 Å². The van der Waals surface area contributed by atoms with Crippen LogP contribution in [0.15, 0.2) is 30.3 Å². The predicted molar refractivity (Wildman–Crippen MR) is 38.4 cm³/mol. The molecular weight excluding hydrogens is 167 g/mol. The van der Waals surface area contributed by atoms with Gasteiger partial charge in [0, 0.05) is 0 Å². The Kier molecular flexibility index (Phi) is 7.21. The summed E-state index contributed by atoms with van der Waals surface area (Å²) < 4.78 is 4.54. The number of hydrogen-bond donors (Lipinski definition) is 0. The van der Waals surface area contributed by atoms with Crippen molar-refractivity contribution < 1.29 is 62.3 Å². The molecule has 3 heteroatoms. The van der Waals surface area contributed by atoms with Crippen molar-refractivity contribution in [2.24, 2.45) is 0 Å². The van der Waals surface area contributed by atoms with E-state index in [1.165, 1.54) is 0 Å². The summed E-state index contributed by atoms with van der Waals surface area (Å²) in [7, 11) is 0. The molecule has 0 spiro atoms. The fourth-order valence-corrected chi connectivity index (χ4v) is 0.704. The van der Waals surface area contributed by atoms with E-state index in [-0.39, 0.29) is 52.8 Å². The number of ether oxygens (including phenoxy) is 1. The third-order valence-electron chi connectivity index (χ3n) is 1.16. The zero-order chi connectivity index (χ0) is 7.23. The van der Waals surface area contributed by atoms with E-state index in [4.69, 9.17) is 0 Å². The Hall–Kier alpha value is 0.326. The van der Waals surface area contributed by atoms with Gasteiger partial charge in [0.25, 0.3) is 6.47 Å². The summed E-state index contributed by atoms with van der Waals surface area (Å²) in [5, 5.41) is 0. The molecule has 0 aliphatic rings. The van der Waals surface area contributed by atoms with Gasteiger partial charge >= 0.3 is 51.4 Å². The van der Waals surface area contributed by atoms with Gasteiger partial charge in [-0.25, -0.2) is 0 Å². The summed E-state index contributed by atoms with van der Waals surface area (Å²) >= 11 is 0. The van der Waals surface area contributed by atoms with Crippen molar-refractivity contribution in [3.05, 3.63) is 35.9 Å². The fraction of sp³-hybridized carbons (Fsp3) is 0.125. The molecule has 0 bridgehead atoms. The standard InChI is InChI=1S/C8H8O2.K.H/c9-7-10-6-8-4-2-1-3-5-8;;/h1-5,7H,6H2;;/q;+1;-1. The van der Waals surface area contributed by atoms with E-state index in [2.05, 4.69) is 4.74 Å². The van der Waals surface area contributed by atoms with Gasteiger partial charge in [0.2, 0.25) is 0 Å².